The Bertz CT molecular complexity index is 704. The molecule has 5 N–H and O–H groups in total. The number of hydrazine groups is 2. The maximum atomic E-state index is 13.2. The van der Waals surface area contributed by atoms with Crippen molar-refractivity contribution >= 4 is 17.6 Å². The lowest BCUT2D eigenvalue weighted by atomic mass is 9.87. The molecule has 8 heteroatoms. The molecule has 8 nitrogen and oxygen atoms in total. The second-order valence-electron chi connectivity index (χ2n) is 7.36. The molecule has 1 aromatic rings. The predicted molar refractivity (Wildman–Crippen MR) is 96.5 cm³/mol. The first-order chi connectivity index (χ1) is 12.6. The third-order valence-electron chi connectivity index (χ3n) is 5.71. The number of fused-ring (bicyclic) bond motifs is 1. The van der Waals surface area contributed by atoms with Crippen LogP contribution in [0.5, 0.6) is 0 Å². The number of nitrogens with one attached hydrogen (secondary N) is 4. The van der Waals surface area contributed by atoms with E-state index in [1.54, 1.807) is 0 Å². The van der Waals surface area contributed by atoms with Crippen molar-refractivity contribution in [3.8, 4) is 0 Å². The van der Waals surface area contributed by atoms with Crippen LogP contribution in [0.2, 0.25) is 0 Å². The number of carbonyl (C=O) groups is 2. The van der Waals surface area contributed by atoms with E-state index in [1.807, 2.05) is 17.0 Å². The van der Waals surface area contributed by atoms with E-state index in [1.165, 1.54) is 5.56 Å². The van der Waals surface area contributed by atoms with Crippen LogP contribution in [0.3, 0.4) is 0 Å². The summed E-state index contributed by atoms with van der Waals surface area (Å²) in [6.45, 7) is 2.65. The van der Waals surface area contributed by atoms with Crippen LogP contribution in [-0.4, -0.2) is 54.1 Å². The largest absolute Gasteiger partial charge is 0.481 e. The normalized spacial score (nSPS) is 27.8. The monoisotopic (exact) mass is 359 g/mol. The van der Waals surface area contributed by atoms with Crippen LogP contribution in [0.15, 0.2) is 18.2 Å². The standard InChI is InChI=1S/C18H25N5O3/c24-16(25)7-12-9-23(10-14(12)15-8-20-22-21-15)18(26)13-5-1-3-11-4-2-6-19-17(11)13/h1,3,5,12,14-15,19-22H,2,4,6-10H2,(H,24,25)/t12-,14+,15?/m1/s1. The first kappa shape index (κ1) is 17.3. The van der Waals surface area contributed by atoms with E-state index < -0.39 is 5.97 Å². The van der Waals surface area contributed by atoms with Crippen LogP contribution in [0.25, 0.3) is 0 Å². The van der Waals surface area contributed by atoms with Gasteiger partial charge >= 0.3 is 5.97 Å². The third-order valence-corrected chi connectivity index (χ3v) is 5.71. The number of aliphatic carboxylic acids is 1. The fraction of sp³-hybridized carbons (Fsp3) is 0.556. The van der Waals surface area contributed by atoms with Crippen molar-refractivity contribution in [3.05, 3.63) is 29.3 Å². The summed E-state index contributed by atoms with van der Waals surface area (Å²) in [5, 5.41) is 12.6. The Kier molecular flexibility index (Phi) is 4.80. The number of nitrogens with zero attached hydrogens (tertiary/aromatic N) is 1. The molecule has 0 aromatic heterocycles. The Balaban J connectivity index is 1.55. The Morgan fingerprint density at radius 3 is 2.92 bits per heavy atom. The fourth-order valence-corrected chi connectivity index (χ4v) is 4.43. The lowest BCUT2D eigenvalue weighted by Gasteiger charge is -2.24. The molecular weight excluding hydrogens is 334 g/mol. The molecule has 0 saturated carbocycles. The molecular formula is C18H25N5O3. The average molecular weight is 359 g/mol. The summed E-state index contributed by atoms with van der Waals surface area (Å²) in [6.07, 6.45) is 2.14. The minimum absolute atomic E-state index is 0.00643. The molecule has 2 fully saturated rings. The number of carboxylic acids is 1. The molecule has 0 aliphatic carbocycles. The number of amides is 1. The van der Waals surface area contributed by atoms with Crippen molar-refractivity contribution < 1.29 is 14.7 Å². The lowest BCUT2D eigenvalue weighted by Crippen LogP contribution is -2.41. The molecule has 1 unspecified atom stereocenters. The van der Waals surface area contributed by atoms with Gasteiger partial charge in [-0.25, -0.2) is 10.9 Å². The van der Waals surface area contributed by atoms with E-state index >= 15 is 0 Å². The highest BCUT2D eigenvalue weighted by molar-refractivity contribution is 6.00. The van der Waals surface area contributed by atoms with Crippen molar-refractivity contribution in [1.82, 2.24) is 21.3 Å². The highest BCUT2D eigenvalue weighted by Crippen LogP contribution is 2.33. The molecule has 1 aromatic carbocycles. The van der Waals surface area contributed by atoms with E-state index in [9.17, 15) is 14.7 Å². The van der Waals surface area contributed by atoms with Crippen molar-refractivity contribution in [2.75, 3.05) is 31.5 Å². The number of carbonyl (C=O) groups excluding carboxylic acids is 1. The molecule has 3 aliphatic rings. The van der Waals surface area contributed by atoms with E-state index in [0.717, 1.165) is 25.1 Å². The fourth-order valence-electron chi connectivity index (χ4n) is 4.43. The van der Waals surface area contributed by atoms with E-state index in [0.29, 0.717) is 25.2 Å². The van der Waals surface area contributed by atoms with Gasteiger partial charge in [0.05, 0.1) is 17.7 Å². The Morgan fingerprint density at radius 1 is 1.27 bits per heavy atom. The second-order valence-corrected chi connectivity index (χ2v) is 7.36. The highest BCUT2D eigenvalue weighted by Gasteiger charge is 2.42. The zero-order valence-corrected chi connectivity index (χ0v) is 14.6. The maximum absolute atomic E-state index is 13.2. The van der Waals surface area contributed by atoms with E-state index in [4.69, 9.17) is 0 Å². The third kappa shape index (κ3) is 3.27. The number of likely N-dealkylation sites (tertiary alicyclic amines) is 1. The van der Waals surface area contributed by atoms with Crippen LogP contribution < -0.4 is 21.7 Å². The van der Waals surface area contributed by atoms with Crippen molar-refractivity contribution in [2.24, 2.45) is 11.8 Å². The average Bonchev–Trinajstić information content (AvgIpc) is 3.30. The number of aryl methyl sites for hydroxylation is 1. The highest BCUT2D eigenvalue weighted by atomic mass is 16.4. The number of benzene rings is 1. The SMILES string of the molecule is O=C(O)C[C@@H]1CN(C(=O)c2cccc3c2NCCC3)C[C@@H]1C1CNNN1. The van der Waals surface area contributed by atoms with Gasteiger partial charge in [0.15, 0.2) is 0 Å². The van der Waals surface area contributed by atoms with Gasteiger partial charge in [-0.2, -0.15) is 5.53 Å². The summed E-state index contributed by atoms with van der Waals surface area (Å²) in [4.78, 5) is 26.3. The van der Waals surface area contributed by atoms with Gasteiger partial charge in [0.2, 0.25) is 0 Å². The Morgan fingerprint density at radius 2 is 2.15 bits per heavy atom. The molecule has 4 rings (SSSR count). The summed E-state index contributed by atoms with van der Waals surface area (Å²) in [7, 11) is 0. The topological polar surface area (TPSA) is 106 Å². The molecule has 3 atom stereocenters. The first-order valence-corrected chi connectivity index (χ1v) is 9.23. The Labute approximate surface area is 152 Å². The Hall–Kier alpha value is -2.16. The van der Waals surface area contributed by atoms with Crippen LogP contribution in [0.1, 0.15) is 28.8 Å². The van der Waals surface area contributed by atoms with Crippen molar-refractivity contribution in [2.45, 2.75) is 25.3 Å². The van der Waals surface area contributed by atoms with Crippen LogP contribution >= 0.6 is 0 Å². The van der Waals surface area contributed by atoms with Gasteiger partial charge in [0.1, 0.15) is 0 Å². The zero-order valence-electron chi connectivity index (χ0n) is 14.6. The molecule has 3 aliphatic heterocycles. The van der Waals surface area contributed by atoms with Crippen LogP contribution in [0.4, 0.5) is 5.69 Å². The first-order valence-electron chi connectivity index (χ1n) is 9.23. The molecule has 26 heavy (non-hydrogen) atoms. The quantitative estimate of drug-likeness (QED) is 0.522. The summed E-state index contributed by atoms with van der Waals surface area (Å²) < 4.78 is 0. The number of anilines is 1. The smallest absolute Gasteiger partial charge is 0.303 e. The van der Waals surface area contributed by atoms with Gasteiger partial charge in [-0.1, -0.05) is 12.1 Å². The summed E-state index contributed by atoms with van der Waals surface area (Å²) in [6, 6.07) is 5.99. The number of hydrogen-bond donors (Lipinski definition) is 5. The van der Waals surface area contributed by atoms with Crippen LogP contribution in [0, 0.1) is 11.8 Å². The van der Waals surface area contributed by atoms with Crippen LogP contribution in [-0.2, 0) is 11.2 Å². The summed E-state index contributed by atoms with van der Waals surface area (Å²) in [5.74, 6) is -0.770. The van der Waals surface area contributed by atoms with Gasteiger partial charge < -0.3 is 15.3 Å². The maximum Gasteiger partial charge on any atom is 0.303 e. The minimum Gasteiger partial charge on any atom is -0.481 e. The van der Waals surface area contributed by atoms with Crippen molar-refractivity contribution in [1.29, 1.82) is 0 Å². The van der Waals surface area contributed by atoms with Crippen molar-refractivity contribution in [3.63, 3.8) is 0 Å². The molecule has 0 spiro atoms. The zero-order chi connectivity index (χ0) is 18.1. The number of rotatable bonds is 4. The number of carboxylic acid groups (broad SMARTS) is 1. The molecule has 3 heterocycles. The molecule has 1 amide bonds. The lowest BCUT2D eigenvalue weighted by molar-refractivity contribution is -0.138. The molecule has 0 bridgehead atoms. The van der Waals surface area contributed by atoms with Gasteiger partial charge in [-0.15, -0.1) is 0 Å². The number of hydrogen-bond acceptors (Lipinski definition) is 6. The summed E-state index contributed by atoms with van der Waals surface area (Å²) >= 11 is 0. The molecule has 0 radical (unpaired) electrons. The van der Waals surface area contributed by atoms with E-state index in [2.05, 4.69) is 27.8 Å². The van der Waals surface area contributed by atoms with Gasteiger partial charge in [-0.3, -0.25) is 9.59 Å². The van der Waals surface area contributed by atoms with Gasteiger partial charge in [-0.05, 0) is 36.3 Å². The minimum atomic E-state index is -0.813. The van der Waals surface area contributed by atoms with Gasteiger partial charge in [0, 0.05) is 32.2 Å². The molecule has 140 valence electrons. The second kappa shape index (κ2) is 7.22. The van der Waals surface area contributed by atoms with E-state index in [-0.39, 0.29) is 30.2 Å². The summed E-state index contributed by atoms with van der Waals surface area (Å²) in [5.41, 5.74) is 11.9. The van der Waals surface area contributed by atoms with Gasteiger partial charge in [0.25, 0.3) is 5.91 Å². The predicted octanol–water partition coefficient (Wildman–Crippen LogP) is 0.189. The molecule has 2 saturated heterocycles. The number of para-hydroxylation sites is 1.